The SMILES string of the molecule is C=CC=N/C=C(\C)C1=NC(NC=S)C(=O)N(C)c2ccc(Cl)cc21. The molecule has 0 radical (unpaired) electrons. The fourth-order valence-electron chi connectivity index (χ4n) is 2.31. The number of benzodiazepines with no additional fused rings is 1. The summed E-state index contributed by atoms with van der Waals surface area (Å²) in [7, 11) is 1.69. The number of fused-ring (bicyclic) bond motifs is 1. The van der Waals surface area contributed by atoms with Gasteiger partial charge in [-0.15, -0.1) is 0 Å². The molecule has 24 heavy (non-hydrogen) atoms. The smallest absolute Gasteiger partial charge is 0.271 e. The maximum absolute atomic E-state index is 12.6. The Balaban J connectivity index is 2.66. The quantitative estimate of drug-likeness (QED) is 0.648. The van der Waals surface area contributed by atoms with Crippen LogP contribution in [0.1, 0.15) is 12.5 Å². The molecule has 0 saturated carbocycles. The Kier molecular flexibility index (Phi) is 6.00. The molecule has 0 fully saturated rings. The number of benzene rings is 1. The Bertz CT molecular complexity index is 770. The number of anilines is 1. The number of rotatable bonds is 5. The van der Waals surface area contributed by atoms with E-state index < -0.39 is 6.17 Å². The molecule has 1 aliphatic rings. The first-order valence-electron chi connectivity index (χ1n) is 7.16. The molecule has 2 rings (SSSR count). The fraction of sp³-hybridized carbons (Fsp3) is 0.176. The van der Waals surface area contributed by atoms with Crippen LogP contribution in [-0.4, -0.2) is 36.5 Å². The number of hydrogen-bond acceptors (Lipinski definition) is 4. The molecule has 7 heteroatoms. The zero-order valence-electron chi connectivity index (χ0n) is 13.4. The second-order valence-electron chi connectivity index (χ2n) is 5.07. The van der Waals surface area contributed by atoms with Crippen LogP contribution >= 0.6 is 23.8 Å². The largest absolute Gasteiger partial charge is 0.353 e. The number of carbonyl (C=O) groups is 1. The average Bonchev–Trinajstić information content (AvgIpc) is 2.66. The van der Waals surface area contributed by atoms with E-state index in [1.807, 2.05) is 6.92 Å². The maximum Gasteiger partial charge on any atom is 0.271 e. The Morgan fingerprint density at radius 3 is 2.96 bits per heavy atom. The van der Waals surface area contributed by atoms with E-state index >= 15 is 0 Å². The Morgan fingerprint density at radius 1 is 1.54 bits per heavy atom. The van der Waals surface area contributed by atoms with Gasteiger partial charge in [-0.1, -0.05) is 36.5 Å². The topological polar surface area (TPSA) is 57.1 Å². The molecular weight excluding hydrogens is 344 g/mol. The molecule has 1 N–H and O–H groups in total. The zero-order chi connectivity index (χ0) is 17.7. The van der Waals surface area contributed by atoms with Gasteiger partial charge < -0.3 is 10.2 Å². The number of amides is 1. The highest BCUT2D eigenvalue weighted by molar-refractivity contribution is 7.78. The van der Waals surface area contributed by atoms with Crippen molar-refractivity contribution in [1.29, 1.82) is 0 Å². The molecule has 0 saturated heterocycles. The van der Waals surface area contributed by atoms with E-state index in [-0.39, 0.29) is 5.91 Å². The zero-order valence-corrected chi connectivity index (χ0v) is 14.9. The van der Waals surface area contributed by atoms with Gasteiger partial charge in [0.15, 0.2) is 6.17 Å². The first-order valence-corrected chi connectivity index (χ1v) is 8.01. The Labute approximate surface area is 151 Å². The molecule has 1 aromatic rings. The van der Waals surface area contributed by atoms with Gasteiger partial charge in [-0.2, -0.15) is 0 Å². The van der Waals surface area contributed by atoms with E-state index in [4.69, 9.17) is 23.8 Å². The van der Waals surface area contributed by atoms with Crippen LogP contribution in [0.3, 0.4) is 0 Å². The van der Waals surface area contributed by atoms with Crippen molar-refractivity contribution in [1.82, 2.24) is 5.32 Å². The summed E-state index contributed by atoms with van der Waals surface area (Å²) in [6.45, 7) is 5.45. The summed E-state index contributed by atoms with van der Waals surface area (Å²) in [5, 5.41) is 3.36. The minimum atomic E-state index is -0.805. The second kappa shape index (κ2) is 7.99. The Hall–Kier alpha value is -2.31. The molecule has 1 atom stereocenters. The summed E-state index contributed by atoms with van der Waals surface area (Å²) in [6.07, 6.45) is 4.01. The highest BCUT2D eigenvalue weighted by atomic mass is 35.5. The molecule has 5 nitrogen and oxygen atoms in total. The lowest BCUT2D eigenvalue weighted by molar-refractivity contribution is -0.119. The lowest BCUT2D eigenvalue weighted by Gasteiger charge is -2.20. The van der Waals surface area contributed by atoms with Crippen LogP contribution in [0.2, 0.25) is 5.02 Å². The molecule has 0 spiro atoms. The van der Waals surface area contributed by atoms with Crippen LogP contribution in [0.4, 0.5) is 5.69 Å². The number of carbonyl (C=O) groups excluding carboxylic acids is 1. The van der Waals surface area contributed by atoms with Gasteiger partial charge in [0.1, 0.15) is 0 Å². The minimum absolute atomic E-state index is 0.211. The van der Waals surface area contributed by atoms with Crippen LogP contribution in [0.5, 0.6) is 0 Å². The molecule has 1 unspecified atom stereocenters. The van der Waals surface area contributed by atoms with Gasteiger partial charge in [0.25, 0.3) is 5.91 Å². The van der Waals surface area contributed by atoms with E-state index in [0.29, 0.717) is 10.7 Å². The molecule has 0 aliphatic carbocycles. The van der Waals surface area contributed by atoms with E-state index in [1.165, 1.54) is 5.49 Å². The predicted octanol–water partition coefficient (Wildman–Crippen LogP) is 3.14. The predicted molar refractivity (Wildman–Crippen MR) is 104 cm³/mol. The highest BCUT2D eigenvalue weighted by Gasteiger charge is 2.29. The third-order valence-electron chi connectivity index (χ3n) is 3.46. The number of aliphatic imine (C=N–C) groups is 2. The lowest BCUT2D eigenvalue weighted by atomic mass is 10.0. The number of halogens is 1. The van der Waals surface area contributed by atoms with Crippen molar-refractivity contribution >= 4 is 52.8 Å². The monoisotopic (exact) mass is 360 g/mol. The van der Waals surface area contributed by atoms with E-state index in [9.17, 15) is 4.79 Å². The molecule has 1 amide bonds. The van der Waals surface area contributed by atoms with Crippen molar-refractivity contribution < 1.29 is 4.79 Å². The van der Waals surface area contributed by atoms with Gasteiger partial charge in [-0.3, -0.25) is 9.79 Å². The molecule has 1 aromatic carbocycles. The summed E-state index contributed by atoms with van der Waals surface area (Å²) in [6, 6.07) is 5.32. The third kappa shape index (κ3) is 3.77. The van der Waals surface area contributed by atoms with Crippen LogP contribution in [0, 0.1) is 0 Å². The van der Waals surface area contributed by atoms with Gasteiger partial charge in [0.2, 0.25) is 0 Å². The molecule has 1 aliphatic heterocycles. The molecular formula is C17H17ClN4OS. The van der Waals surface area contributed by atoms with Gasteiger partial charge in [0.05, 0.1) is 16.9 Å². The summed E-state index contributed by atoms with van der Waals surface area (Å²) in [5.74, 6) is -0.211. The Morgan fingerprint density at radius 2 is 2.29 bits per heavy atom. The first kappa shape index (κ1) is 18.0. The maximum atomic E-state index is 12.6. The van der Waals surface area contributed by atoms with Gasteiger partial charge in [-0.05, 0) is 30.7 Å². The molecule has 1 heterocycles. The normalized spacial score (nSPS) is 18.0. The fourth-order valence-corrected chi connectivity index (χ4v) is 2.61. The van der Waals surface area contributed by atoms with Crippen LogP contribution in [0.15, 0.2) is 52.6 Å². The summed E-state index contributed by atoms with van der Waals surface area (Å²) >= 11 is 11.0. The van der Waals surface area contributed by atoms with E-state index in [2.05, 4.69) is 21.9 Å². The van der Waals surface area contributed by atoms with Gasteiger partial charge in [0, 0.05) is 30.0 Å². The first-order chi connectivity index (χ1) is 11.5. The van der Waals surface area contributed by atoms with Crippen molar-refractivity contribution in [3.63, 3.8) is 0 Å². The van der Waals surface area contributed by atoms with Crippen molar-refractivity contribution in [3.8, 4) is 0 Å². The number of thiocarbonyl (C=S) groups is 1. The van der Waals surface area contributed by atoms with Crippen molar-refractivity contribution in [2.24, 2.45) is 9.98 Å². The van der Waals surface area contributed by atoms with Crippen molar-refractivity contribution in [2.45, 2.75) is 13.1 Å². The minimum Gasteiger partial charge on any atom is -0.353 e. The average molecular weight is 361 g/mol. The van der Waals surface area contributed by atoms with Crippen LogP contribution < -0.4 is 10.2 Å². The number of nitrogens with zero attached hydrogens (tertiary/aromatic N) is 3. The lowest BCUT2D eigenvalue weighted by Crippen LogP contribution is -2.42. The van der Waals surface area contributed by atoms with Crippen LogP contribution in [0.25, 0.3) is 0 Å². The van der Waals surface area contributed by atoms with Crippen molar-refractivity contribution in [3.05, 3.63) is 53.2 Å². The summed E-state index contributed by atoms with van der Waals surface area (Å²) in [4.78, 5) is 22.8. The molecule has 0 bridgehead atoms. The number of nitrogens with one attached hydrogen (secondary N) is 1. The van der Waals surface area contributed by atoms with Gasteiger partial charge in [-0.25, -0.2) is 4.99 Å². The standard InChI is InChI=1S/C17H17ClN4OS/c1-4-7-19-9-11(2)15-13-8-12(18)5-6-14(13)22(3)17(23)16(21-15)20-10-24/h4-10,16H,1H2,2-3H3,(H,20,24)/b11-9+,19-7?. The van der Waals surface area contributed by atoms with Gasteiger partial charge >= 0.3 is 0 Å². The van der Waals surface area contributed by atoms with Crippen molar-refractivity contribution in [2.75, 3.05) is 11.9 Å². The second-order valence-corrected chi connectivity index (χ2v) is 5.74. The third-order valence-corrected chi connectivity index (χ3v) is 3.83. The number of likely N-dealkylation sites (N-methyl/N-ethyl adjacent to an activating group) is 1. The van der Waals surface area contributed by atoms with E-state index in [1.54, 1.807) is 48.6 Å². The number of hydrogen-bond donors (Lipinski definition) is 1. The van der Waals surface area contributed by atoms with Crippen LogP contribution in [-0.2, 0) is 4.79 Å². The highest BCUT2D eigenvalue weighted by Crippen LogP contribution is 2.29. The van der Waals surface area contributed by atoms with E-state index in [0.717, 1.165) is 16.8 Å². The molecule has 0 aromatic heterocycles. The summed E-state index contributed by atoms with van der Waals surface area (Å²) < 4.78 is 0. The summed E-state index contributed by atoms with van der Waals surface area (Å²) in [5.41, 5.74) is 4.18. The number of allylic oxidation sites excluding steroid dienone is 2. The molecule has 124 valence electrons.